The Morgan fingerprint density at radius 3 is 2.58 bits per heavy atom. The topological polar surface area (TPSA) is 12.0 Å². The first-order valence-electron chi connectivity index (χ1n) is 6.77. The number of hydrogen-bond donors (Lipinski definition) is 1. The van der Waals surface area contributed by atoms with Crippen LogP contribution >= 0.6 is 0 Å². The zero-order valence-corrected chi connectivity index (χ0v) is 11.5. The summed E-state index contributed by atoms with van der Waals surface area (Å²) in [5.74, 6) is -0.183. The van der Waals surface area contributed by atoms with Crippen LogP contribution in [0.25, 0.3) is 11.1 Å². The second-order valence-corrected chi connectivity index (χ2v) is 4.79. The molecule has 100 valence electrons. The summed E-state index contributed by atoms with van der Waals surface area (Å²) in [7, 11) is 0. The van der Waals surface area contributed by atoms with Gasteiger partial charge in [-0.25, -0.2) is 4.39 Å². The zero-order chi connectivity index (χ0) is 13.7. The standard InChI is InChI=1S/C17H20FN/c1-3-10-19-12-14-8-9-15(18)11-17(14)16-7-5-4-6-13(16)2/h4-9,11,19H,3,10,12H2,1-2H3. The highest BCUT2D eigenvalue weighted by molar-refractivity contribution is 5.70. The van der Waals surface area contributed by atoms with E-state index in [4.69, 9.17) is 0 Å². The largest absolute Gasteiger partial charge is 0.313 e. The molecule has 1 N–H and O–H groups in total. The Kier molecular flexibility index (Phi) is 4.69. The minimum Gasteiger partial charge on any atom is -0.313 e. The van der Waals surface area contributed by atoms with Crippen LogP contribution in [-0.2, 0) is 6.54 Å². The van der Waals surface area contributed by atoms with Gasteiger partial charge in [-0.05, 0) is 54.3 Å². The molecule has 0 aliphatic carbocycles. The van der Waals surface area contributed by atoms with Crippen molar-refractivity contribution in [3.05, 3.63) is 59.4 Å². The van der Waals surface area contributed by atoms with Gasteiger partial charge >= 0.3 is 0 Å². The fourth-order valence-electron chi connectivity index (χ4n) is 2.23. The van der Waals surface area contributed by atoms with E-state index in [1.165, 1.54) is 11.6 Å². The summed E-state index contributed by atoms with van der Waals surface area (Å²) in [5.41, 5.74) is 4.41. The Hall–Kier alpha value is -1.67. The predicted octanol–water partition coefficient (Wildman–Crippen LogP) is 4.30. The monoisotopic (exact) mass is 257 g/mol. The highest BCUT2D eigenvalue weighted by Gasteiger charge is 2.08. The Morgan fingerprint density at radius 2 is 1.84 bits per heavy atom. The average Bonchev–Trinajstić information content (AvgIpc) is 2.41. The average molecular weight is 257 g/mol. The summed E-state index contributed by atoms with van der Waals surface area (Å²) in [6.45, 7) is 5.95. The molecule has 0 aliphatic rings. The van der Waals surface area contributed by atoms with E-state index in [9.17, 15) is 4.39 Å². The van der Waals surface area contributed by atoms with Crippen molar-refractivity contribution in [3.63, 3.8) is 0 Å². The summed E-state index contributed by atoms with van der Waals surface area (Å²) in [6.07, 6.45) is 1.10. The SMILES string of the molecule is CCCNCc1ccc(F)cc1-c1ccccc1C. The van der Waals surface area contributed by atoms with E-state index in [2.05, 4.69) is 25.2 Å². The maximum Gasteiger partial charge on any atom is 0.123 e. The molecule has 0 atom stereocenters. The predicted molar refractivity (Wildman–Crippen MR) is 78.6 cm³/mol. The van der Waals surface area contributed by atoms with Crippen LogP contribution in [-0.4, -0.2) is 6.54 Å². The van der Waals surface area contributed by atoms with E-state index in [-0.39, 0.29) is 5.82 Å². The van der Waals surface area contributed by atoms with Gasteiger partial charge in [0.25, 0.3) is 0 Å². The van der Waals surface area contributed by atoms with Gasteiger partial charge < -0.3 is 5.32 Å². The summed E-state index contributed by atoms with van der Waals surface area (Å²) in [5, 5.41) is 3.38. The third-order valence-corrected chi connectivity index (χ3v) is 3.25. The van der Waals surface area contributed by atoms with E-state index >= 15 is 0 Å². The lowest BCUT2D eigenvalue weighted by Gasteiger charge is -2.13. The first-order chi connectivity index (χ1) is 9.22. The summed E-state index contributed by atoms with van der Waals surface area (Å²) >= 11 is 0. The molecular weight excluding hydrogens is 237 g/mol. The highest BCUT2D eigenvalue weighted by atomic mass is 19.1. The normalized spacial score (nSPS) is 10.7. The molecule has 0 aliphatic heterocycles. The van der Waals surface area contributed by atoms with Gasteiger partial charge in [0, 0.05) is 6.54 Å². The van der Waals surface area contributed by atoms with Crippen LogP contribution in [0.3, 0.4) is 0 Å². The third kappa shape index (κ3) is 3.42. The second-order valence-electron chi connectivity index (χ2n) is 4.79. The van der Waals surface area contributed by atoms with Gasteiger partial charge in [0.1, 0.15) is 5.82 Å². The van der Waals surface area contributed by atoms with Crippen molar-refractivity contribution in [2.45, 2.75) is 26.8 Å². The minimum absolute atomic E-state index is 0.183. The molecule has 0 saturated heterocycles. The Morgan fingerprint density at radius 1 is 1.05 bits per heavy atom. The van der Waals surface area contributed by atoms with Gasteiger partial charge in [0.2, 0.25) is 0 Å². The van der Waals surface area contributed by atoms with Crippen molar-refractivity contribution in [2.75, 3.05) is 6.54 Å². The highest BCUT2D eigenvalue weighted by Crippen LogP contribution is 2.27. The molecule has 0 radical (unpaired) electrons. The Labute approximate surface area is 114 Å². The van der Waals surface area contributed by atoms with Crippen molar-refractivity contribution >= 4 is 0 Å². The van der Waals surface area contributed by atoms with E-state index < -0.39 is 0 Å². The molecule has 1 nitrogen and oxygen atoms in total. The zero-order valence-electron chi connectivity index (χ0n) is 11.5. The number of hydrogen-bond acceptors (Lipinski definition) is 1. The van der Waals surface area contributed by atoms with Crippen LogP contribution in [0, 0.1) is 12.7 Å². The molecule has 0 fully saturated rings. The Bertz CT molecular complexity index is 549. The quantitative estimate of drug-likeness (QED) is 0.787. The van der Waals surface area contributed by atoms with Crippen molar-refractivity contribution in [3.8, 4) is 11.1 Å². The molecule has 2 aromatic rings. The van der Waals surface area contributed by atoms with Crippen LogP contribution in [0.5, 0.6) is 0 Å². The molecule has 2 heteroatoms. The summed E-state index contributed by atoms with van der Waals surface area (Å²) in [4.78, 5) is 0. The fraction of sp³-hybridized carbons (Fsp3) is 0.294. The lowest BCUT2D eigenvalue weighted by Crippen LogP contribution is -2.14. The molecule has 0 saturated carbocycles. The van der Waals surface area contributed by atoms with Crippen molar-refractivity contribution in [1.29, 1.82) is 0 Å². The van der Waals surface area contributed by atoms with Gasteiger partial charge in [0.15, 0.2) is 0 Å². The molecule has 2 aromatic carbocycles. The lowest BCUT2D eigenvalue weighted by atomic mass is 9.96. The van der Waals surface area contributed by atoms with Crippen LogP contribution in [0.1, 0.15) is 24.5 Å². The van der Waals surface area contributed by atoms with Gasteiger partial charge in [-0.2, -0.15) is 0 Å². The third-order valence-electron chi connectivity index (χ3n) is 3.25. The number of benzene rings is 2. The van der Waals surface area contributed by atoms with Crippen molar-refractivity contribution < 1.29 is 4.39 Å². The molecule has 0 heterocycles. The molecule has 0 bridgehead atoms. The van der Waals surface area contributed by atoms with Crippen LogP contribution in [0.4, 0.5) is 4.39 Å². The first-order valence-corrected chi connectivity index (χ1v) is 6.77. The smallest absolute Gasteiger partial charge is 0.123 e. The molecular formula is C17H20FN. The molecule has 0 unspecified atom stereocenters. The second kappa shape index (κ2) is 6.48. The van der Waals surface area contributed by atoms with Gasteiger partial charge in [-0.3, -0.25) is 0 Å². The molecule has 2 rings (SSSR count). The fourth-order valence-corrected chi connectivity index (χ4v) is 2.23. The van der Waals surface area contributed by atoms with E-state index in [0.717, 1.165) is 36.2 Å². The molecule has 0 amide bonds. The van der Waals surface area contributed by atoms with Gasteiger partial charge in [-0.15, -0.1) is 0 Å². The van der Waals surface area contributed by atoms with E-state index in [1.807, 2.05) is 24.3 Å². The number of halogens is 1. The summed E-state index contributed by atoms with van der Waals surface area (Å²) < 4.78 is 13.5. The van der Waals surface area contributed by atoms with Gasteiger partial charge in [0.05, 0.1) is 0 Å². The lowest BCUT2D eigenvalue weighted by molar-refractivity contribution is 0.625. The Balaban J connectivity index is 2.37. The molecule has 0 spiro atoms. The van der Waals surface area contributed by atoms with Gasteiger partial charge in [-0.1, -0.05) is 37.3 Å². The summed E-state index contributed by atoms with van der Waals surface area (Å²) in [6, 6.07) is 13.1. The van der Waals surface area contributed by atoms with Crippen molar-refractivity contribution in [1.82, 2.24) is 5.32 Å². The van der Waals surface area contributed by atoms with Crippen LogP contribution in [0.2, 0.25) is 0 Å². The maximum atomic E-state index is 13.5. The number of rotatable bonds is 5. The van der Waals surface area contributed by atoms with Crippen LogP contribution in [0.15, 0.2) is 42.5 Å². The van der Waals surface area contributed by atoms with Crippen LogP contribution < -0.4 is 5.32 Å². The molecule has 0 aromatic heterocycles. The maximum absolute atomic E-state index is 13.5. The first kappa shape index (κ1) is 13.8. The number of nitrogens with one attached hydrogen (secondary N) is 1. The van der Waals surface area contributed by atoms with E-state index in [1.54, 1.807) is 6.07 Å². The van der Waals surface area contributed by atoms with E-state index in [0.29, 0.717) is 0 Å². The van der Waals surface area contributed by atoms with Crippen molar-refractivity contribution in [2.24, 2.45) is 0 Å². The minimum atomic E-state index is -0.183. The number of aryl methyl sites for hydroxylation is 1. The molecule has 19 heavy (non-hydrogen) atoms.